The normalized spacial score (nSPS) is 15.7. The maximum Gasteiger partial charge on any atom is 0.337 e. The quantitative estimate of drug-likeness (QED) is 0.800. The van der Waals surface area contributed by atoms with Crippen LogP contribution < -0.4 is 0 Å². The molecule has 2 aromatic rings. The van der Waals surface area contributed by atoms with Crippen molar-refractivity contribution in [3.05, 3.63) is 34.3 Å². The van der Waals surface area contributed by atoms with E-state index in [1.165, 1.54) is 26.4 Å². The van der Waals surface area contributed by atoms with Crippen LogP contribution in [0.25, 0.3) is 5.52 Å². The van der Waals surface area contributed by atoms with Crippen molar-refractivity contribution in [1.82, 2.24) is 9.38 Å². The van der Waals surface area contributed by atoms with Gasteiger partial charge < -0.3 is 9.14 Å². The van der Waals surface area contributed by atoms with E-state index in [9.17, 15) is 4.79 Å². The lowest BCUT2D eigenvalue weighted by Crippen LogP contribution is -2.12. The Morgan fingerprint density at radius 1 is 1.56 bits per heavy atom. The van der Waals surface area contributed by atoms with Gasteiger partial charge in [0.15, 0.2) is 0 Å². The topological polar surface area (TPSA) is 43.6 Å². The molecule has 0 atom stereocenters. The minimum atomic E-state index is -0.323. The number of ether oxygens (including phenoxy) is 1. The zero-order valence-electron chi connectivity index (χ0n) is 10.0. The van der Waals surface area contributed by atoms with Crippen LogP contribution in [0.15, 0.2) is 22.9 Å². The summed E-state index contributed by atoms with van der Waals surface area (Å²) in [5.41, 5.74) is 1.46. The summed E-state index contributed by atoms with van der Waals surface area (Å²) in [6.07, 6.45) is 5.57. The molecule has 4 nitrogen and oxygen atoms in total. The summed E-state index contributed by atoms with van der Waals surface area (Å²) in [5, 5.41) is 0. The number of hydrogen-bond donors (Lipinski definition) is 0. The molecule has 2 aromatic heterocycles. The van der Waals surface area contributed by atoms with E-state index in [2.05, 4.69) is 25.3 Å². The van der Waals surface area contributed by atoms with Crippen molar-refractivity contribution < 1.29 is 9.53 Å². The van der Waals surface area contributed by atoms with Crippen LogP contribution in [0.2, 0.25) is 0 Å². The van der Waals surface area contributed by atoms with Crippen molar-refractivity contribution in [3.8, 4) is 0 Å². The SMILES string of the molecule is COC(=O)c1ccn2c(C3CCC3)nc(Br)c2c1. The van der Waals surface area contributed by atoms with Gasteiger partial charge in [-0.3, -0.25) is 0 Å². The first-order valence-electron chi connectivity index (χ1n) is 5.96. The van der Waals surface area contributed by atoms with Gasteiger partial charge in [-0.25, -0.2) is 9.78 Å². The number of aromatic nitrogens is 2. The van der Waals surface area contributed by atoms with E-state index in [1.54, 1.807) is 6.07 Å². The lowest BCUT2D eigenvalue weighted by Gasteiger charge is -2.23. The monoisotopic (exact) mass is 308 g/mol. The van der Waals surface area contributed by atoms with Gasteiger partial charge in [0.25, 0.3) is 0 Å². The summed E-state index contributed by atoms with van der Waals surface area (Å²) in [6.45, 7) is 0. The molecule has 0 aliphatic heterocycles. The average molecular weight is 309 g/mol. The van der Waals surface area contributed by atoms with E-state index in [4.69, 9.17) is 4.74 Å². The number of methoxy groups -OCH3 is 1. The number of pyridine rings is 1. The Labute approximate surface area is 113 Å². The molecule has 1 aliphatic rings. The van der Waals surface area contributed by atoms with Crippen LogP contribution in [-0.2, 0) is 4.74 Å². The van der Waals surface area contributed by atoms with Gasteiger partial charge in [0.1, 0.15) is 10.4 Å². The van der Waals surface area contributed by atoms with Gasteiger partial charge in [0.2, 0.25) is 0 Å². The number of carbonyl (C=O) groups excluding carboxylic acids is 1. The maximum absolute atomic E-state index is 11.5. The van der Waals surface area contributed by atoms with E-state index >= 15 is 0 Å². The van der Waals surface area contributed by atoms with Gasteiger partial charge in [0, 0.05) is 12.1 Å². The molecule has 1 aliphatic carbocycles. The van der Waals surface area contributed by atoms with Gasteiger partial charge >= 0.3 is 5.97 Å². The van der Waals surface area contributed by atoms with Crippen LogP contribution in [-0.4, -0.2) is 22.5 Å². The second kappa shape index (κ2) is 4.39. The number of halogens is 1. The molecule has 1 saturated carbocycles. The molecule has 18 heavy (non-hydrogen) atoms. The number of hydrogen-bond acceptors (Lipinski definition) is 3. The third kappa shape index (κ3) is 1.73. The number of nitrogens with zero attached hydrogens (tertiary/aromatic N) is 2. The van der Waals surface area contributed by atoms with Crippen LogP contribution in [0, 0.1) is 0 Å². The largest absolute Gasteiger partial charge is 0.465 e. The van der Waals surface area contributed by atoms with Crippen LogP contribution in [0.5, 0.6) is 0 Å². The number of carbonyl (C=O) groups is 1. The lowest BCUT2D eigenvalue weighted by molar-refractivity contribution is 0.0600. The highest BCUT2D eigenvalue weighted by Crippen LogP contribution is 2.37. The summed E-state index contributed by atoms with van der Waals surface area (Å²) in [6, 6.07) is 3.58. The van der Waals surface area contributed by atoms with Gasteiger partial charge in [-0.1, -0.05) is 6.42 Å². The first kappa shape index (κ1) is 11.7. The molecule has 3 rings (SSSR count). The number of fused-ring (bicyclic) bond motifs is 1. The van der Waals surface area contributed by atoms with Gasteiger partial charge in [-0.05, 0) is 40.9 Å². The van der Waals surface area contributed by atoms with Crippen LogP contribution >= 0.6 is 15.9 Å². The lowest BCUT2D eigenvalue weighted by atomic mass is 9.85. The Bertz CT molecular complexity index is 617. The fourth-order valence-corrected chi connectivity index (χ4v) is 2.76. The van der Waals surface area contributed by atoms with E-state index in [1.807, 2.05) is 12.3 Å². The molecular weight excluding hydrogens is 296 g/mol. The van der Waals surface area contributed by atoms with Crippen molar-refractivity contribution in [2.45, 2.75) is 25.2 Å². The molecule has 5 heteroatoms. The van der Waals surface area contributed by atoms with Crippen LogP contribution in [0.3, 0.4) is 0 Å². The smallest absolute Gasteiger partial charge is 0.337 e. The molecule has 0 bridgehead atoms. The van der Waals surface area contributed by atoms with E-state index < -0.39 is 0 Å². The Morgan fingerprint density at radius 2 is 2.33 bits per heavy atom. The summed E-state index contributed by atoms with van der Waals surface area (Å²) in [7, 11) is 1.39. The first-order chi connectivity index (χ1) is 8.70. The fraction of sp³-hybridized carbons (Fsp3) is 0.385. The van der Waals surface area contributed by atoms with Crippen LogP contribution in [0.1, 0.15) is 41.4 Å². The molecule has 0 aromatic carbocycles. The minimum absolute atomic E-state index is 0.323. The second-order valence-electron chi connectivity index (χ2n) is 4.55. The molecule has 0 unspecified atom stereocenters. The van der Waals surface area contributed by atoms with Crippen molar-refractivity contribution in [2.75, 3.05) is 7.11 Å². The zero-order valence-corrected chi connectivity index (χ0v) is 11.6. The predicted molar refractivity (Wildman–Crippen MR) is 70.8 cm³/mol. The average Bonchev–Trinajstić information content (AvgIpc) is 2.63. The minimum Gasteiger partial charge on any atom is -0.465 e. The Morgan fingerprint density at radius 3 is 2.94 bits per heavy atom. The summed E-state index contributed by atoms with van der Waals surface area (Å²) in [5.74, 6) is 1.31. The molecule has 0 saturated heterocycles. The Kier molecular flexibility index (Phi) is 2.86. The van der Waals surface area contributed by atoms with Gasteiger partial charge in [0.05, 0.1) is 18.2 Å². The van der Waals surface area contributed by atoms with Crippen molar-refractivity contribution in [1.29, 1.82) is 0 Å². The van der Waals surface area contributed by atoms with Crippen molar-refractivity contribution >= 4 is 27.4 Å². The molecule has 1 fully saturated rings. The number of esters is 1. The molecule has 2 heterocycles. The van der Waals surface area contributed by atoms with E-state index in [0.717, 1.165) is 15.9 Å². The highest BCUT2D eigenvalue weighted by atomic mass is 79.9. The highest BCUT2D eigenvalue weighted by molar-refractivity contribution is 9.10. The Hall–Kier alpha value is -1.36. The third-order valence-corrected chi connectivity index (χ3v) is 4.10. The number of rotatable bonds is 2. The molecule has 0 amide bonds. The number of imidazole rings is 1. The molecule has 0 radical (unpaired) electrons. The summed E-state index contributed by atoms with van der Waals surface area (Å²) < 4.78 is 7.57. The fourth-order valence-electron chi connectivity index (χ4n) is 2.27. The van der Waals surface area contributed by atoms with Crippen molar-refractivity contribution in [3.63, 3.8) is 0 Å². The van der Waals surface area contributed by atoms with Gasteiger partial charge in [-0.2, -0.15) is 0 Å². The predicted octanol–water partition coefficient (Wildman–Crippen LogP) is 3.15. The summed E-state index contributed by atoms with van der Waals surface area (Å²) >= 11 is 3.46. The zero-order chi connectivity index (χ0) is 12.7. The van der Waals surface area contributed by atoms with Crippen LogP contribution in [0.4, 0.5) is 0 Å². The highest BCUT2D eigenvalue weighted by Gasteiger charge is 2.25. The standard InChI is InChI=1S/C13H13BrN2O2/c1-18-13(17)9-5-6-16-10(7-9)11(14)15-12(16)8-3-2-4-8/h5-8H,2-4H2,1H3. The Balaban J connectivity index is 2.11. The third-order valence-electron chi connectivity index (χ3n) is 3.52. The summed E-state index contributed by atoms with van der Waals surface area (Å²) in [4.78, 5) is 16.1. The molecule has 94 valence electrons. The maximum atomic E-state index is 11.5. The molecular formula is C13H13BrN2O2. The van der Waals surface area contributed by atoms with Gasteiger partial charge in [-0.15, -0.1) is 0 Å². The van der Waals surface area contributed by atoms with E-state index in [0.29, 0.717) is 11.5 Å². The molecule has 0 N–H and O–H groups in total. The van der Waals surface area contributed by atoms with Crippen molar-refractivity contribution in [2.24, 2.45) is 0 Å². The second-order valence-corrected chi connectivity index (χ2v) is 5.30. The molecule has 0 spiro atoms. The van der Waals surface area contributed by atoms with E-state index in [-0.39, 0.29) is 5.97 Å². The first-order valence-corrected chi connectivity index (χ1v) is 6.76.